The topological polar surface area (TPSA) is 115 Å². The number of pyridine rings is 1. The first-order chi connectivity index (χ1) is 15.7. The van der Waals surface area contributed by atoms with Crippen LogP contribution in [0.1, 0.15) is 22.7 Å². The highest BCUT2D eigenvalue weighted by Gasteiger charge is 2.34. The minimum absolute atomic E-state index is 0.0219. The normalized spacial score (nSPS) is 14.4. The summed E-state index contributed by atoms with van der Waals surface area (Å²) in [4.78, 5) is 17.5. The summed E-state index contributed by atoms with van der Waals surface area (Å²) in [7, 11) is -4.16. The molecule has 0 radical (unpaired) electrons. The van der Waals surface area contributed by atoms with Crippen molar-refractivity contribution in [2.24, 2.45) is 0 Å². The Morgan fingerprint density at radius 2 is 1.94 bits per heavy atom. The van der Waals surface area contributed by atoms with Crippen LogP contribution >= 0.6 is 0 Å². The van der Waals surface area contributed by atoms with E-state index in [1.807, 2.05) is 0 Å². The van der Waals surface area contributed by atoms with Crippen molar-refractivity contribution in [2.75, 3.05) is 6.61 Å². The molecule has 1 aliphatic rings. The number of ether oxygens (including phenoxy) is 1. The third-order valence-electron chi connectivity index (χ3n) is 5.09. The number of carbonyl (C=O) groups excluding carboxylic acids is 1. The van der Waals surface area contributed by atoms with E-state index in [-0.39, 0.29) is 23.5 Å². The van der Waals surface area contributed by atoms with Crippen molar-refractivity contribution in [1.82, 2.24) is 19.1 Å². The summed E-state index contributed by atoms with van der Waals surface area (Å²) in [5, 5.41) is 13.7. The molecule has 0 spiro atoms. The summed E-state index contributed by atoms with van der Waals surface area (Å²) in [6, 6.07) is 7.70. The van der Waals surface area contributed by atoms with E-state index in [4.69, 9.17) is 0 Å². The SMILES string of the molecule is O=C(C(CO)c1ccccc1F)N1Cc2cn(S(=O)(=O)c3ccc(OC(F)F)nc3)nc2C1. The van der Waals surface area contributed by atoms with Crippen LogP contribution in [0.15, 0.2) is 53.7 Å². The van der Waals surface area contributed by atoms with Gasteiger partial charge in [-0.3, -0.25) is 4.79 Å². The number of alkyl halides is 2. The predicted molar refractivity (Wildman–Crippen MR) is 106 cm³/mol. The lowest BCUT2D eigenvalue weighted by Gasteiger charge is -2.22. The van der Waals surface area contributed by atoms with Gasteiger partial charge >= 0.3 is 6.61 Å². The van der Waals surface area contributed by atoms with Gasteiger partial charge in [-0.2, -0.15) is 26.4 Å². The van der Waals surface area contributed by atoms with Crippen molar-refractivity contribution >= 4 is 15.9 Å². The molecule has 1 N–H and O–H groups in total. The van der Waals surface area contributed by atoms with Gasteiger partial charge in [0.2, 0.25) is 11.8 Å². The lowest BCUT2D eigenvalue weighted by Crippen LogP contribution is -2.33. The Hall–Kier alpha value is -3.45. The van der Waals surface area contributed by atoms with Crippen LogP contribution in [0, 0.1) is 5.82 Å². The molecule has 4 rings (SSSR count). The molecule has 1 aromatic carbocycles. The summed E-state index contributed by atoms with van der Waals surface area (Å²) in [6.45, 7) is -3.70. The number of rotatable bonds is 7. The van der Waals surface area contributed by atoms with E-state index in [1.165, 1.54) is 29.3 Å². The fraction of sp³-hybridized carbons (Fsp3) is 0.250. The molecule has 0 saturated carbocycles. The monoisotopic (exact) mass is 482 g/mol. The molecule has 0 saturated heterocycles. The largest absolute Gasteiger partial charge is 0.417 e. The van der Waals surface area contributed by atoms with Gasteiger partial charge in [-0.1, -0.05) is 18.2 Å². The lowest BCUT2D eigenvalue weighted by atomic mass is 9.98. The summed E-state index contributed by atoms with van der Waals surface area (Å²) < 4.78 is 68.9. The van der Waals surface area contributed by atoms with Crippen LogP contribution in [0.25, 0.3) is 0 Å². The predicted octanol–water partition coefficient (Wildman–Crippen LogP) is 1.87. The third kappa shape index (κ3) is 4.41. The van der Waals surface area contributed by atoms with Gasteiger partial charge in [-0.25, -0.2) is 9.37 Å². The smallest absolute Gasteiger partial charge is 0.388 e. The van der Waals surface area contributed by atoms with Gasteiger partial charge in [0.15, 0.2) is 0 Å². The first-order valence-corrected chi connectivity index (χ1v) is 11.0. The Kier molecular flexibility index (Phi) is 6.08. The van der Waals surface area contributed by atoms with Crippen molar-refractivity contribution in [3.05, 3.63) is 71.4 Å². The quantitative estimate of drug-likeness (QED) is 0.547. The number of halogens is 3. The van der Waals surface area contributed by atoms with Crippen molar-refractivity contribution in [1.29, 1.82) is 0 Å². The highest BCUT2D eigenvalue weighted by molar-refractivity contribution is 7.89. The standard InChI is InChI=1S/C20H17F3N4O5S/c21-16-4-2-1-3-14(16)15(11-28)19(29)26-8-12-9-27(25-17(12)10-26)33(30,31)13-5-6-18(24-7-13)32-20(22)23/h1-7,9,15,20,28H,8,10-11H2. The highest BCUT2D eigenvalue weighted by atomic mass is 32.2. The Bertz CT molecular complexity index is 1260. The van der Waals surface area contributed by atoms with Crippen LogP contribution in [-0.4, -0.2) is 51.7 Å². The van der Waals surface area contributed by atoms with Gasteiger partial charge in [0.1, 0.15) is 10.7 Å². The minimum Gasteiger partial charge on any atom is -0.417 e. The lowest BCUT2D eigenvalue weighted by molar-refractivity contribution is -0.134. The van der Waals surface area contributed by atoms with Gasteiger partial charge in [-0.05, 0) is 12.1 Å². The number of hydrogen-bond donors (Lipinski definition) is 1. The number of carbonyl (C=O) groups is 1. The zero-order valence-corrected chi connectivity index (χ0v) is 17.6. The van der Waals surface area contributed by atoms with Crippen LogP contribution in [0.3, 0.4) is 0 Å². The number of aliphatic hydroxyl groups is 1. The minimum atomic E-state index is -4.16. The van der Waals surface area contributed by atoms with Gasteiger partial charge in [0.25, 0.3) is 10.0 Å². The molecule has 1 atom stereocenters. The van der Waals surface area contributed by atoms with Gasteiger partial charge in [-0.15, -0.1) is 0 Å². The first kappa shape index (κ1) is 22.7. The molecule has 3 aromatic rings. The first-order valence-electron chi connectivity index (χ1n) is 9.58. The molecule has 13 heteroatoms. The molecular formula is C20H17F3N4O5S. The Morgan fingerprint density at radius 1 is 1.18 bits per heavy atom. The number of amides is 1. The second-order valence-corrected chi connectivity index (χ2v) is 8.94. The number of fused-ring (bicyclic) bond motifs is 1. The van der Waals surface area contributed by atoms with E-state index in [2.05, 4.69) is 14.8 Å². The van der Waals surface area contributed by atoms with Gasteiger partial charge in [0, 0.05) is 29.9 Å². The van der Waals surface area contributed by atoms with E-state index in [0.29, 0.717) is 15.3 Å². The van der Waals surface area contributed by atoms with Crippen LogP contribution in [0.2, 0.25) is 0 Å². The fourth-order valence-corrected chi connectivity index (χ4v) is 4.60. The molecule has 2 aromatic heterocycles. The van der Waals surface area contributed by atoms with E-state index in [9.17, 15) is 31.5 Å². The number of nitrogens with zero attached hydrogens (tertiary/aromatic N) is 4. The van der Waals surface area contributed by atoms with Gasteiger partial charge < -0.3 is 14.7 Å². The zero-order chi connectivity index (χ0) is 23.8. The average Bonchev–Trinajstić information content (AvgIpc) is 3.35. The third-order valence-corrected chi connectivity index (χ3v) is 6.61. The summed E-state index contributed by atoms with van der Waals surface area (Å²) in [5.41, 5.74) is 0.847. The van der Waals surface area contributed by atoms with Crippen molar-refractivity contribution < 1.29 is 36.2 Å². The second kappa shape index (κ2) is 8.83. The van der Waals surface area contributed by atoms with E-state index in [1.54, 1.807) is 6.07 Å². The molecule has 1 amide bonds. The molecule has 1 aliphatic heterocycles. The summed E-state index contributed by atoms with van der Waals surface area (Å²) in [6.07, 6.45) is 2.11. The van der Waals surface area contributed by atoms with Gasteiger partial charge in [0.05, 0.1) is 31.0 Å². The maximum absolute atomic E-state index is 14.1. The van der Waals surface area contributed by atoms with Crippen LogP contribution in [-0.2, 0) is 27.9 Å². The fourth-order valence-electron chi connectivity index (χ4n) is 3.48. The van der Waals surface area contributed by atoms with E-state index >= 15 is 0 Å². The van der Waals surface area contributed by atoms with Crippen LogP contribution in [0.4, 0.5) is 13.2 Å². The summed E-state index contributed by atoms with van der Waals surface area (Å²) in [5.74, 6) is -2.68. The average molecular weight is 482 g/mol. The number of benzene rings is 1. The van der Waals surface area contributed by atoms with Crippen molar-refractivity contribution in [3.63, 3.8) is 0 Å². The van der Waals surface area contributed by atoms with Crippen LogP contribution < -0.4 is 4.74 Å². The maximum atomic E-state index is 14.1. The maximum Gasteiger partial charge on any atom is 0.388 e. The molecule has 3 heterocycles. The number of hydrogen-bond acceptors (Lipinski definition) is 7. The molecule has 9 nitrogen and oxygen atoms in total. The number of aliphatic hydroxyl groups excluding tert-OH is 1. The highest BCUT2D eigenvalue weighted by Crippen LogP contribution is 2.28. The molecule has 174 valence electrons. The molecule has 0 fully saturated rings. The molecule has 0 aliphatic carbocycles. The molecular weight excluding hydrogens is 465 g/mol. The second-order valence-electron chi connectivity index (χ2n) is 7.14. The van der Waals surface area contributed by atoms with E-state index < -0.39 is 46.8 Å². The van der Waals surface area contributed by atoms with Crippen LogP contribution in [0.5, 0.6) is 5.88 Å². The Labute approximate surface area is 186 Å². The number of aromatic nitrogens is 3. The molecule has 33 heavy (non-hydrogen) atoms. The van der Waals surface area contributed by atoms with Crippen molar-refractivity contribution in [2.45, 2.75) is 30.5 Å². The molecule has 0 bridgehead atoms. The zero-order valence-electron chi connectivity index (χ0n) is 16.8. The van der Waals surface area contributed by atoms with E-state index in [0.717, 1.165) is 18.3 Å². The Balaban J connectivity index is 1.51. The Morgan fingerprint density at radius 3 is 2.55 bits per heavy atom. The van der Waals surface area contributed by atoms with Crippen molar-refractivity contribution in [3.8, 4) is 5.88 Å². The molecule has 1 unspecified atom stereocenters. The summed E-state index contributed by atoms with van der Waals surface area (Å²) >= 11 is 0.